The third-order valence-corrected chi connectivity index (χ3v) is 5.96. The molecule has 3 aromatic rings. The van der Waals surface area contributed by atoms with Gasteiger partial charge in [-0.2, -0.15) is 0 Å². The maximum atomic E-state index is 12.9. The van der Waals surface area contributed by atoms with E-state index in [9.17, 15) is 19.5 Å². The summed E-state index contributed by atoms with van der Waals surface area (Å²) in [7, 11) is 3.04. The maximum Gasteiger partial charge on any atom is 0.256 e. The molecule has 0 fully saturated rings. The highest BCUT2D eigenvalue weighted by Gasteiger charge is 2.24. The fourth-order valence-corrected chi connectivity index (χ4v) is 4.00. The fourth-order valence-electron chi connectivity index (χ4n) is 4.00. The van der Waals surface area contributed by atoms with E-state index in [0.717, 1.165) is 12.8 Å². The van der Waals surface area contributed by atoms with Gasteiger partial charge in [0.05, 0.1) is 37.5 Å². The average Bonchev–Trinajstić information content (AvgIpc) is 2.91. The summed E-state index contributed by atoms with van der Waals surface area (Å²) in [6, 6.07) is 14.0. The summed E-state index contributed by atoms with van der Waals surface area (Å²) in [5, 5.41) is 16.6. The number of nitrogens with one attached hydrogen (secondary N) is 3. The molecule has 9 nitrogen and oxygen atoms in total. The highest BCUT2D eigenvalue weighted by atomic mass is 16.5. The average molecular weight is 508 g/mol. The van der Waals surface area contributed by atoms with Crippen LogP contribution in [0.1, 0.15) is 47.8 Å². The van der Waals surface area contributed by atoms with Gasteiger partial charge in [0.1, 0.15) is 17.2 Å². The van der Waals surface area contributed by atoms with Crippen molar-refractivity contribution < 1.29 is 24.2 Å². The van der Waals surface area contributed by atoms with Gasteiger partial charge in [-0.15, -0.1) is 0 Å². The van der Waals surface area contributed by atoms with Crippen LogP contribution in [0.25, 0.3) is 11.1 Å². The van der Waals surface area contributed by atoms with Gasteiger partial charge < -0.3 is 30.2 Å². The molecule has 9 heteroatoms. The van der Waals surface area contributed by atoms with Crippen molar-refractivity contribution in [2.75, 3.05) is 20.8 Å². The number of unbranched alkanes of at least 4 members (excludes halogenated alkanes) is 1. The highest BCUT2D eigenvalue weighted by molar-refractivity contribution is 5.94. The third kappa shape index (κ3) is 6.69. The summed E-state index contributed by atoms with van der Waals surface area (Å²) in [6.45, 7) is 1.97. The van der Waals surface area contributed by atoms with Gasteiger partial charge in [0.15, 0.2) is 0 Å². The molecule has 0 aliphatic rings. The van der Waals surface area contributed by atoms with Crippen LogP contribution in [0.3, 0.4) is 0 Å². The van der Waals surface area contributed by atoms with Crippen LogP contribution in [-0.4, -0.2) is 42.7 Å². The molecule has 0 aliphatic carbocycles. The van der Waals surface area contributed by atoms with Crippen molar-refractivity contribution in [3.05, 3.63) is 75.7 Å². The van der Waals surface area contributed by atoms with Crippen molar-refractivity contribution in [3.63, 3.8) is 0 Å². The zero-order valence-corrected chi connectivity index (χ0v) is 21.3. The van der Waals surface area contributed by atoms with E-state index in [1.807, 2.05) is 13.0 Å². The lowest BCUT2D eigenvalue weighted by atomic mass is 9.96. The second-order valence-corrected chi connectivity index (χ2v) is 8.42. The lowest BCUT2D eigenvalue weighted by molar-refractivity contribution is -0.121. The maximum absolute atomic E-state index is 12.9. The first kappa shape index (κ1) is 27.3. The molecule has 0 radical (unpaired) electrons. The van der Waals surface area contributed by atoms with Gasteiger partial charge in [-0.05, 0) is 37.1 Å². The largest absolute Gasteiger partial charge is 0.507 e. The van der Waals surface area contributed by atoms with Gasteiger partial charge in [0.2, 0.25) is 5.91 Å². The van der Waals surface area contributed by atoms with Crippen LogP contribution in [-0.2, 0) is 17.8 Å². The molecule has 0 bridgehead atoms. The monoisotopic (exact) mass is 507 g/mol. The van der Waals surface area contributed by atoms with Crippen molar-refractivity contribution in [1.29, 1.82) is 0 Å². The predicted molar refractivity (Wildman–Crippen MR) is 141 cm³/mol. The van der Waals surface area contributed by atoms with Crippen molar-refractivity contribution in [1.82, 2.24) is 15.6 Å². The predicted octanol–water partition coefficient (Wildman–Crippen LogP) is 3.54. The minimum atomic E-state index is -0.487. The second kappa shape index (κ2) is 13.2. The number of H-pyrrole nitrogens is 1. The molecule has 0 spiro atoms. The number of rotatable bonds is 12. The number of aryl methyl sites for hydroxylation is 1. The number of hydrogen-bond donors (Lipinski definition) is 4. The molecule has 0 unspecified atom stereocenters. The van der Waals surface area contributed by atoms with Crippen LogP contribution < -0.4 is 25.7 Å². The van der Waals surface area contributed by atoms with Gasteiger partial charge in [-0.1, -0.05) is 37.6 Å². The SMILES string of the molecule is CCCCc1[nH]c(=O)c(CNC(=O)CCNC(=O)c2ccccc2)c(O)c1-c1c(OC)cccc1OC. The molecule has 3 rings (SSSR count). The molecule has 0 saturated carbocycles. The van der Waals surface area contributed by atoms with Gasteiger partial charge in [-0.3, -0.25) is 14.4 Å². The number of ether oxygens (including phenoxy) is 2. The quantitative estimate of drug-likeness (QED) is 0.297. The molecule has 1 aromatic heterocycles. The summed E-state index contributed by atoms with van der Waals surface area (Å²) in [5.41, 5.74) is 1.52. The number of pyridine rings is 1. The molecule has 37 heavy (non-hydrogen) atoms. The first-order valence-corrected chi connectivity index (χ1v) is 12.2. The molecular weight excluding hydrogens is 474 g/mol. The van der Waals surface area contributed by atoms with E-state index >= 15 is 0 Å². The Morgan fingerprint density at radius 1 is 0.946 bits per heavy atom. The molecule has 0 atom stereocenters. The van der Waals surface area contributed by atoms with E-state index < -0.39 is 5.56 Å². The van der Waals surface area contributed by atoms with Crippen LogP contribution in [0.5, 0.6) is 17.2 Å². The molecule has 0 aliphatic heterocycles. The number of aromatic hydroxyl groups is 1. The standard InChI is InChI=1S/C28H33N3O6/c1-4-5-12-20-24(25-21(36-2)13-9-14-22(25)37-3)26(33)19(28(35)31-20)17-30-23(32)15-16-29-27(34)18-10-7-6-8-11-18/h6-11,13-14H,4-5,12,15-17H2,1-3H3,(H,29,34)(H,30,32)(H2,31,33,35). The van der Waals surface area contributed by atoms with Gasteiger partial charge >= 0.3 is 0 Å². The van der Waals surface area contributed by atoms with Crippen molar-refractivity contribution in [3.8, 4) is 28.4 Å². The molecule has 2 amide bonds. The van der Waals surface area contributed by atoms with E-state index in [0.29, 0.717) is 40.3 Å². The number of aromatic nitrogens is 1. The Kier molecular flexibility index (Phi) is 9.71. The Labute approximate surface area is 215 Å². The lowest BCUT2D eigenvalue weighted by Gasteiger charge is -2.19. The third-order valence-electron chi connectivity index (χ3n) is 5.96. The topological polar surface area (TPSA) is 130 Å². The number of amides is 2. The Morgan fingerprint density at radius 2 is 1.62 bits per heavy atom. The van der Waals surface area contributed by atoms with Crippen LogP contribution in [0, 0.1) is 0 Å². The number of hydrogen-bond acceptors (Lipinski definition) is 6. The number of carbonyl (C=O) groups excluding carboxylic acids is 2. The normalized spacial score (nSPS) is 10.6. The zero-order chi connectivity index (χ0) is 26.8. The fraction of sp³-hybridized carbons (Fsp3) is 0.321. The first-order chi connectivity index (χ1) is 17.9. The summed E-state index contributed by atoms with van der Waals surface area (Å²) >= 11 is 0. The number of benzene rings is 2. The number of carbonyl (C=O) groups is 2. The zero-order valence-electron chi connectivity index (χ0n) is 21.3. The highest BCUT2D eigenvalue weighted by Crippen LogP contribution is 2.44. The van der Waals surface area contributed by atoms with E-state index in [-0.39, 0.29) is 42.6 Å². The van der Waals surface area contributed by atoms with Crippen molar-refractivity contribution in [2.24, 2.45) is 0 Å². The van der Waals surface area contributed by atoms with E-state index in [2.05, 4.69) is 15.6 Å². The van der Waals surface area contributed by atoms with Crippen LogP contribution >= 0.6 is 0 Å². The number of aromatic amines is 1. The second-order valence-electron chi connectivity index (χ2n) is 8.42. The molecule has 196 valence electrons. The van der Waals surface area contributed by atoms with Crippen molar-refractivity contribution in [2.45, 2.75) is 39.2 Å². The molecule has 2 aromatic carbocycles. The summed E-state index contributed by atoms with van der Waals surface area (Å²) in [4.78, 5) is 40.4. The van der Waals surface area contributed by atoms with Gasteiger partial charge in [-0.25, -0.2) is 0 Å². The Morgan fingerprint density at radius 3 is 2.24 bits per heavy atom. The van der Waals surface area contributed by atoms with Gasteiger partial charge in [0, 0.05) is 24.2 Å². The Bertz CT molecular complexity index is 1260. The minimum absolute atomic E-state index is 0.0129. The Balaban J connectivity index is 1.81. The van der Waals surface area contributed by atoms with Gasteiger partial charge in [0.25, 0.3) is 11.5 Å². The first-order valence-electron chi connectivity index (χ1n) is 12.2. The van der Waals surface area contributed by atoms with E-state index in [1.54, 1.807) is 42.5 Å². The van der Waals surface area contributed by atoms with Crippen molar-refractivity contribution >= 4 is 11.8 Å². The van der Waals surface area contributed by atoms with Crippen LogP contribution in [0.4, 0.5) is 0 Å². The molecule has 1 heterocycles. The molecule has 0 saturated heterocycles. The summed E-state index contributed by atoms with van der Waals surface area (Å²) in [6.07, 6.45) is 2.23. The molecular formula is C28H33N3O6. The lowest BCUT2D eigenvalue weighted by Crippen LogP contribution is -2.32. The van der Waals surface area contributed by atoms with Crippen LogP contribution in [0.2, 0.25) is 0 Å². The van der Waals surface area contributed by atoms with E-state index in [1.165, 1.54) is 14.2 Å². The van der Waals surface area contributed by atoms with E-state index in [4.69, 9.17) is 9.47 Å². The Hall–Kier alpha value is -4.27. The minimum Gasteiger partial charge on any atom is -0.507 e. The van der Waals surface area contributed by atoms with Crippen LogP contribution in [0.15, 0.2) is 53.3 Å². The summed E-state index contributed by atoms with van der Waals surface area (Å²) in [5.74, 6) is 0.0571. The summed E-state index contributed by atoms with van der Waals surface area (Å²) < 4.78 is 11.1. The number of methoxy groups -OCH3 is 2. The molecule has 4 N–H and O–H groups in total. The smallest absolute Gasteiger partial charge is 0.256 e.